The molecule has 2 amide bonds. The standard InChI is InChI=1S/C35H54N2O4/c1-9-26-28-18-13-11-16-24(28)22-30(26)36(32(38)40-34(3,4)5)20-15-21-37(33(39)41-35(6,7)8)31-23-25-17-12-14-19-29(25)27(31)10-2/h1-2,24-31H,11-23H2,3-8H3/t24-,25-,26-,27-,28+,29+,30+,31+/m0/s1. The Morgan fingerprint density at radius 1 is 0.683 bits per heavy atom. The Hall–Kier alpha value is -2.34. The molecule has 0 aromatic carbocycles. The predicted octanol–water partition coefficient (Wildman–Crippen LogP) is 7.51. The van der Waals surface area contributed by atoms with Crippen molar-refractivity contribution in [3.05, 3.63) is 0 Å². The van der Waals surface area contributed by atoms with E-state index in [9.17, 15) is 9.59 Å². The van der Waals surface area contributed by atoms with Crippen molar-refractivity contribution in [3.8, 4) is 24.7 Å². The largest absolute Gasteiger partial charge is 0.444 e. The highest BCUT2D eigenvalue weighted by atomic mass is 16.6. The predicted molar refractivity (Wildman–Crippen MR) is 163 cm³/mol. The number of hydrogen-bond acceptors (Lipinski definition) is 4. The molecule has 4 saturated carbocycles. The fourth-order valence-electron chi connectivity index (χ4n) is 8.44. The lowest BCUT2D eigenvalue weighted by Gasteiger charge is -2.36. The summed E-state index contributed by atoms with van der Waals surface area (Å²) in [5.41, 5.74) is -1.20. The molecule has 0 N–H and O–H groups in total. The van der Waals surface area contributed by atoms with Crippen LogP contribution in [0.3, 0.4) is 0 Å². The van der Waals surface area contributed by atoms with Gasteiger partial charge in [0.15, 0.2) is 0 Å². The molecule has 0 heterocycles. The highest BCUT2D eigenvalue weighted by molar-refractivity contribution is 5.69. The summed E-state index contributed by atoms with van der Waals surface area (Å²) in [5, 5.41) is 0. The van der Waals surface area contributed by atoms with Crippen LogP contribution in [0.2, 0.25) is 0 Å². The first-order valence-corrected chi connectivity index (χ1v) is 16.2. The molecule has 41 heavy (non-hydrogen) atoms. The summed E-state index contributed by atoms with van der Waals surface area (Å²) >= 11 is 0. The van der Waals surface area contributed by atoms with Crippen LogP contribution in [0, 0.1) is 60.2 Å². The van der Waals surface area contributed by atoms with E-state index in [1.54, 1.807) is 0 Å². The first-order valence-electron chi connectivity index (χ1n) is 16.2. The molecule has 4 fully saturated rings. The highest BCUT2D eigenvalue weighted by Gasteiger charge is 2.49. The molecule has 0 aromatic heterocycles. The minimum absolute atomic E-state index is 0.0364. The molecule has 4 aliphatic rings. The van der Waals surface area contributed by atoms with Crippen LogP contribution in [-0.2, 0) is 9.47 Å². The lowest BCUT2D eigenvalue weighted by molar-refractivity contribution is 0.00694. The molecule has 0 saturated heterocycles. The average Bonchev–Trinajstić information content (AvgIpc) is 3.44. The average molecular weight is 567 g/mol. The molecule has 0 unspecified atom stereocenters. The number of amides is 2. The second kappa shape index (κ2) is 12.9. The Morgan fingerprint density at radius 3 is 1.39 bits per heavy atom. The molecule has 0 spiro atoms. The summed E-state index contributed by atoms with van der Waals surface area (Å²) in [5.74, 6) is 8.33. The Labute approximate surface area is 249 Å². The number of terminal acetylenes is 2. The molecule has 0 bridgehead atoms. The lowest BCUT2D eigenvalue weighted by atomic mass is 9.78. The van der Waals surface area contributed by atoms with Crippen LogP contribution in [0.25, 0.3) is 0 Å². The van der Waals surface area contributed by atoms with Gasteiger partial charge in [0, 0.05) is 37.0 Å². The van der Waals surface area contributed by atoms with Gasteiger partial charge in [0.2, 0.25) is 0 Å². The first-order chi connectivity index (χ1) is 19.3. The fraction of sp³-hybridized carbons (Fsp3) is 0.829. The molecule has 0 aliphatic heterocycles. The number of carbonyl (C=O) groups excluding carboxylic acids is 2. The Balaban J connectivity index is 1.54. The number of fused-ring (bicyclic) bond motifs is 2. The number of nitrogens with zero attached hydrogens (tertiary/aromatic N) is 2. The molecule has 6 heteroatoms. The summed E-state index contributed by atoms with van der Waals surface area (Å²) in [6.07, 6.45) is 23.7. The maximum absolute atomic E-state index is 13.6. The van der Waals surface area contributed by atoms with Gasteiger partial charge in [0.05, 0.1) is 0 Å². The molecule has 0 radical (unpaired) electrons. The Bertz CT molecular complexity index is 931. The summed E-state index contributed by atoms with van der Waals surface area (Å²) in [7, 11) is 0. The van der Waals surface area contributed by atoms with E-state index in [1.165, 1.54) is 38.5 Å². The summed E-state index contributed by atoms with van der Waals surface area (Å²) in [4.78, 5) is 31.1. The maximum Gasteiger partial charge on any atom is 0.410 e. The second-order valence-electron chi connectivity index (χ2n) is 15.1. The zero-order chi connectivity index (χ0) is 29.9. The number of carbonyl (C=O) groups is 2. The highest BCUT2D eigenvalue weighted by Crippen LogP contribution is 2.49. The van der Waals surface area contributed by atoms with Crippen LogP contribution in [-0.4, -0.2) is 58.4 Å². The van der Waals surface area contributed by atoms with Crippen LogP contribution < -0.4 is 0 Å². The van der Waals surface area contributed by atoms with Crippen LogP contribution in [0.5, 0.6) is 0 Å². The molecule has 8 atom stereocenters. The summed E-state index contributed by atoms with van der Waals surface area (Å²) < 4.78 is 11.8. The summed E-state index contributed by atoms with van der Waals surface area (Å²) in [6.45, 7) is 12.4. The van der Waals surface area contributed by atoms with E-state index >= 15 is 0 Å². The van der Waals surface area contributed by atoms with Crippen molar-refractivity contribution >= 4 is 12.2 Å². The second-order valence-corrected chi connectivity index (χ2v) is 15.1. The third-order valence-electron chi connectivity index (χ3n) is 10.0. The van der Waals surface area contributed by atoms with Gasteiger partial charge in [0.1, 0.15) is 11.2 Å². The van der Waals surface area contributed by atoms with Crippen LogP contribution >= 0.6 is 0 Å². The van der Waals surface area contributed by atoms with Crippen molar-refractivity contribution in [2.24, 2.45) is 35.5 Å². The maximum atomic E-state index is 13.6. The van der Waals surface area contributed by atoms with E-state index in [0.717, 1.165) is 25.7 Å². The smallest absolute Gasteiger partial charge is 0.410 e. The first kappa shape index (κ1) is 31.6. The topological polar surface area (TPSA) is 59.1 Å². The van der Waals surface area contributed by atoms with Crippen molar-refractivity contribution in [2.75, 3.05) is 13.1 Å². The van der Waals surface area contributed by atoms with Gasteiger partial charge in [-0.15, -0.1) is 24.7 Å². The van der Waals surface area contributed by atoms with Crippen LogP contribution in [0.4, 0.5) is 9.59 Å². The van der Waals surface area contributed by atoms with Gasteiger partial charge >= 0.3 is 12.2 Å². The molecule has 6 nitrogen and oxygen atoms in total. The van der Waals surface area contributed by atoms with E-state index in [2.05, 4.69) is 11.8 Å². The van der Waals surface area contributed by atoms with Gasteiger partial charge in [0.25, 0.3) is 0 Å². The van der Waals surface area contributed by atoms with Crippen molar-refractivity contribution in [1.82, 2.24) is 9.80 Å². The van der Waals surface area contributed by atoms with Gasteiger partial charge in [-0.1, -0.05) is 38.5 Å². The minimum atomic E-state index is -0.602. The lowest BCUT2D eigenvalue weighted by Crippen LogP contribution is -2.49. The fourth-order valence-corrected chi connectivity index (χ4v) is 8.44. The molecule has 228 valence electrons. The van der Waals surface area contributed by atoms with Gasteiger partial charge in [-0.2, -0.15) is 0 Å². The van der Waals surface area contributed by atoms with Gasteiger partial charge < -0.3 is 19.3 Å². The van der Waals surface area contributed by atoms with E-state index < -0.39 is 11.2 Å². The molecule has 4 aliphatic carbocycles. The third kappa shape index (κ3) is 7.55. The van der Waals surface area contributed by atoms with Crippen LogP contribution in [0.15, 0.2) is 0 Å². The van der Waals surface area contributed by atoms with E-state index in [-0.39, 0.29) is 36.1 Å². The summed E-state index contributed by atoms with van der Waals surface area (Å²) in [6, 6.07) is -0.0727. The van der Waals surface area contributed by atoms with E-state index in [1.807, 2.05) is 51.3 Å². The van der Waals surface area contributed by atoms with Crippen molar-refractivity contribution in [2.45, 2.75) is 135 Å². The Kier molecular flexibility index (Phi) is 9.93. The van der Waals surface area contributed by atoms with Gasteiger partial charge in [-0.25, -0.2) is 9.59 Å². The molecule has 4 rings (SSSR count). The number of ether oxygens (including phenoxy) is 2. The SMILES string of the molecule is C#C[C@H]1[C@@H]2CCCC[C@H]2C[C@H]1N(CCCN(C(=O)OC(C)(C)C)[C@@H]1C[C@@H]2CCCC[C@H]2[C@@H]1C#C)C(=O)OC(C)(C)C. The van der Waals surface area contributed by atoms with Crippen molar-refractivity contribution in [3.63, 3.8) is 0 Å². The van der Waals surface area contributed by atoms with E-state index in [4.69, 9.17) is 22.3 Å². The molecular formula is C35H54N2O4. The molecule has 0 aromatic rings. The monoisotopic (exact) mass is 566 g/mol. The quantitative estimate of drug-likeness (QED) is 0.312. The van der Waals surface area contributed by atoms with Crippen LogP contribution in [0.1, 0.15) is 112 Å². The number of rotatable bonds is 6. The van der Waals surface area contributed by atoms with Crippen molar-refractivity contribution < 1.29 is 19.1 Å². The number of hydrogen-bond donors (Lipinski definition) is 0. The van der Waals surface area contributed by atoms with Crippen molar-refractivity contribution in [1.29, 1.82) is 0 Å². The Morgan fingerprint density at radius 2 is 1.05 bits per heavy atom. The minimum Gasteiger partial charge on any atom is -0.444 e. The zero-order valence-corrected chi connectivity index (χ0v) is 26.5. The third-order valence-corrected chi connectivity index (χ3v) is 10.0. The van der Waals surface area contributed by atoms with Gasteiger partial charge in [-0.3, -0.25) is 0 Å². The van der Waals surface area contributed by atoms with E-state index in [0.29, 0.717) is 43.2 Å². The molecular weight excluding hydrogens is 512 g/mol. The van der Waals surface area contributed by atoms with Gasteiger partial charge in [-0.05, 0) is 97.3 Å². The zero-order valence-electron chi connectivity index (χ0n) is 26.5. The normalized spacial score (nSPS) is 33.1.